The molecule has 25 heavy (non-hydrogen) atoms. The molecule has 4 nitrogen and oxygen atoms in total. The van der Waals surface area contributed by atoms with E-state index in [1.54, 1.807) is 0 Å². The van der Waals surface area contributed by atoms with Crippen LogP contribution >= 0.6 is 0 Å². The monoisotopic (exact) mass is 339 g/mol. The second-order valence-corrected chi connectivity index (χ2v) is 6.96. The van der Waals surface area contributed by atoms with Crippen LogP contribution in [0.5, 0.6) is 0 Å². The van der Waals surface area contributed by atoms with Crippen molar-refractivity contribution in [2.24, 2.45) is 0 Å². The average molecular weight is 339 g/mol. The van der Waals surface area contributed by atoms with Crippen LogP contribution in [0.2, 0.25) is 0 Å². The van der Waals surface area contributed by atoms with E-state index in [-0.39, 0.29) is 18.1 Å². The molecule has 1 unspecified atom stereocenters. The number of carbonyl (C=O) groups is 1. The molecule has 0 spiro atoms. The summed E-state index contributed by atoms with van der Waals surface area (Å²) in [5.74, 6) is 0.0665. The minimum atomic E-state index is 0.0665. The van der Waals surface area contributed by atoms with E-state index in [2.05, 4.69) is 37.4 Å². The molecule has 1 fully saturated rings. The van der Waals surface area contributed by atoms with E-state index in [0.717, 1.165) is 30.8 Å². The number of quaternary nitrogens is 1. The third kappa shape index (κ3) is 5.15. The van der Waals surface area contributed by atoms with Crippen molar-refractivity contribution in [3.63, 3.8) is 0 Å². The van der Waals surface area contributed by atoms with Crippen molar-refractivity contribution >= 4 is 11.6 Å². The van der Waals surface area contributed by atoms with Gasteiger partial charge in [0.1, 0.15) is 25.3 Å². The predicted molar refractivity (Wildman–Crippen MR) is 99.9 cm³/mol. The molecule has 1 amide bonds. The molecule has 0 bridgehead atoms. The summed E-state index contributed by atoms with van der Waals surface area (Å²) < 4.78 is 5.75. The fraction of sp³-hybridized carbons (Fsp3) is 0.381. The highest BCUT2D eigenvalue weighted by Gasteiger charge is 2.27. The second-order valence-electron chi connectivity index (χ2n) is 6.96. The number of hydrogen-bond acceptors (Lipinski definition) is 2. The Labute approximate surface area is 149 Å². The zero-order valence-corrected chi connectivity index (χ0v) is 15.0. The Morgan fingerprint density at radius 3 is 2.40 bits per heavy atom. The van der Waals surface area contributed by atoms with Crippen molar-refractivity contribution in [2.75, 3.05) is 25.0 Å². The molecule has 2 N–H and O–H groups in total. The zero-order valence-electron chi connectivity index (χ0n) is 15.0. The van der Waals surface area contributed by atoms with Crippen LogP contribution in [-0.2, 0) is 16.0 Å². The first-order chi connectivity index (χ1) is 12.1. The Morgan fingerprint density at radius 2 is 1.68 bits per heavy atom. The van der Waals surface area contributed by atoms with Gasteiger partial charge in [-0.3, -0.25) is 4.79 Å². The molecule has 4 heteroatoms. The van der Waals surface area contributed by atoms with E-state index in [9.17, 15) is 4.79 Å². The first-order valence-electron chi connectivity index (χ1n) is 9.01. The molecule has 3 rings (SSSR count). The Kier molecular flexibility index (Phi) is 5.84. The van der Waals surface area contributed by atoms with Gasteiger partial charge >= 0.3 is 0 Å². The van der Waals surface area contributed by atoms with Crippen LogP contribution < -0.4 is 10.2 Å². The molecule has 0 aliphatic carbocycles. The van der Waals surface area contributed by atoms with Crippen LogP contribution in [-0.4, -0.2) is 37.7 Å². The summed E-state index contributed by atoms with van der Waals surface area (Å²) in [4.78, 5) is 13.8. The summed E-state index contributed by atoms with van der Waals surface area (Å²) in [5.41, 5.74) is 3.29. The fourth-order valence-corrected chi connectivity index (χ4v) is 3.57. The van der Waals surface area contributed by atoms with E-state index in [1.165, 1.54) is 10.5 Å². The van der Waals surface area contributed by atoms with Crippen LogP contribution in [0.25, 0.3) is 0 Å². The molecule has 3 atom stereocenters. The highest BCUT2D eigenvalue weighted by atomic mass is 16.5. The molecule has 0 aromatic heterocycles. The number of amides is 1. The van der Waals surface area contributed by atoms with Gasteiger partial charge in [-0.2, -0.15) is 0 Å². The number of nitrogens with one attached hydrogen (secondary N) is 2. The first kappa shape index (κ1) is 17.6. The summed E-state index contributed by atoms with van der Waals surface area (Å²) in [6.07, 6.45) is 1.23. The van der Waals surface area contributed by atoms with Gasteiger partial charge < -0.3 is 15.0 Å². The summed E-state index contributed by atoms with van der Waals surface area (Å²) >= 11 is 0. The van der Waals surface area contributed by atoms with E-state index < -0.39 is 0 Å². The van der Waals surface area contributed by atoms with Crippen LogP contribution in [0.1, 0.15) is 25.0 Å². The first-order valence-corrected chi connectivity index (χ1v) is 9.01. The Balaban J connectivity index is 1.63. The van der Waals surface area contributed by atoms with Crippen molar-refractivity contribution in [1.29, 1.82) is 0 Å². The number of morpholine rings is 1. The Morgan fingerprint density at radius 1 is 1.04 bits per heavy atom. The maximum atomic E-state index is 12.5. The highest BCUT2D eigenvalue weighted by Crippen LogP contribution is 2.18. The lowest BCUT2D eigenvalue weighted by Gasteiger charge is -2.32. The zero-order chi connectivity index (χ0) is 17.6. The highest BCUT2D eigenvalue weighted by molar-refractivity contribution is 5.92. The Bertz CT molecular complexity index is 692. The number of benzene rings is 2. The maximum Gasteiger partial charge on any atom is 0.279 e. The number of anilines is 1. The molecular formula is C21H27N2O2+. The number of rotatable bonds is 5. The lowest BCUT2D eigenvalue weighted by atomic mass is 10.0. The van der Waals surface area contributed by atoms with E-state index >= 15 is 0 Å². The molecule has 0 saturated carbocycles. The number of ether oxygens (including phenoxy) is 1. The van der Waals surface area contributed by atoms with Gasteiger partial charge in [0.25, 0.3) is 5.91 Å². The van der Waals surface area contributed by atoms with Crippen molar-refractivity contribution in [3.05, 3.63) is 65.7 Å². The van der Waals surface area contributed by atoms with Crippen LogP contribution in [0.4, 0.5) is 5.69 Å². The molecule has 1 aliphatic heterocycles. The number of para-hydroxylation sites is 1. The normalized spacial score (nSPS) is 23.2. The van der Waals surface area contributed by atoms with Gasteiger partial charge in [0.2, 0.25) is 0 Å². The topological polar surface area (TPSA) is 42.8 Å². The summed E-state index contributed by atoms with van der Waals surface area (Å²) in [7, 11) is 0. The molecular weight excluding hydrogens is 312 g/mol. The lowest BCUT2D eigenvalue weighted by molar-refractivity contribution is -0.907. The van der Waals surface area contributed by atoms with Crippen molar-refractivity contribution in [2.45, 2.75) is 32.5 Å². The number of hydrogen-bond donors (Lipinski definition) is 2. The maximum absolute atomic E-state index is 12.5. The van der Waals surface area contributed by atoms with Crippen molar-refractivity contribution in [1.82, 2.24) is 0 Å². The predicted octanol–water partition coefficient (Wildman–Crippen LogP) is 1.91. The van der Waals surface area contributed by atoms with Gasteiger partial charge in [0.05, 0.1) is 0 Å². The summed E-state index contributed by atoms with van der Waals surface area (Å²) in [6, 6.07) is 18.4. The smallest absolute Gasteiger partial charge is 0.279 e. The minimum absolute atomic E-state index is 0.0665. The van der Waals surface area contributed by atoms with Crippen LogP contribution in [0, 0.1) is 0 Å². The molecule has 2 aromatic rings. The SMILES string of the molecule is C[C@@H]1C[NH+](CC(=O)Nc2ccccc2Cc2ccccc2)C[C@H](C)O1. The van der Waals surface area contributed by atoms with Gasteiger partial charge in [0, 0.05) is 5.69 Å². The van der Waals surface area contributed by atoms with Crippen LogP contribution in [0.15, 0.2) is 54.6 Å². The van der Waals surface area contributed by atoms with Gasteiger partial charge in [-0.1, -0.05) is 48.5 Å². The standard InChI is InChI=1S/C21H26N2O2/c1-16-13-23(14-17(2)25-16)15-21(24)22-20-11-7-6-10-19(20)12-18-8-4-3-5-9-18/h3-11,16-17H,12-15H2,1-2H3,(H,22,24)/p+1/t16-,17+. The van der Waals surface area contributed by atoms with E-state index in [0.29, 0.717) is 6.54 Å². The van der Waals surface area contributed by atoms with Crippen molar-refractivity contribution < 1.29 is 14.4 Å². The third-order valence-corrected chi connectivity index (χ3v) is 4.56. The molecule has 1 heterocycles. The molecule has 1 aliphatic rings. The second kappa shape index (κ2) is 8.28. The molecule has 0 radical (unpaired) electrons. The van der Waals surface area contributed by atoms with Gasteiger partial charge in [-0.15, -0.1) is 0 Å². The molecule has 132 valence electrons. The Hall–Kier alpha value is -2.17. The summed E-state index contributed by atoms with van der Waals surface area (Å²) in [5, 5.41) is 3.11. The molecule has 1 saturated heterocycles. The number of carbonyl (C=O) groups excluding carboxylic acids is 1. The quantitative estimate of drug-likeness (QED) is 0.874. The molecule has 2 aromatic carbocycles. The van der Waals surface area contributed by atoms with Gasteiger partial charge in [-0.25, -0.2) is 0 Å². The fourth-order valence-electron chi connectivity index (χ4n) is 3.57. The van der Waals surface area contributed by atoms with Crippen LogP contribution in [0.3, 0.4) is 0 Å². The van der Waals surface area contributed by atoms with Gasteiger partial charge in [0.15, 0.2) is 6.54 Å². The van der Waals surface area contributed by atoms with E-state index in [4.69, 9.17) is 4.74 Å². The minimum Gasteiger partial charge on any atom is -0.364 e. The van der Waals surface area contributed by atoms with Crippen molar-refractivity contribution in [3.8, 4) is 0 Å². The van der Waals surface area contributed by atoms with E-state index in [1.807, 2.05) is 36.4 Å². The lowest BCUT2D eigenvalue weighted by Crippen LogP contribution is -3.16. The summed E-state index contributed by atoms with van der Waals surface area (Å²) in [6.45, 7) is 6.38. The third-order valence-electron chi connectivity index (χ3n) is 4.56. The average Bonchev–Trinajstić information content (AvgIpc) is 2.56. The largest absolute Gasteiger partial charge is 0.364 e. The van der Waals surface area contributed by atoms with Gasteiger partial charge in [-0.05, 0) is 37.5 Å².